The summed E-state index contributed by atoms with van der Waals surface area (Å²) in [5.41, 5.74) is 9.72. The monoisotopic (exact) mass is 256 g/mol. The van der Waals surface area contributed by atoms with Crippen molar-refractivity contribution in [1.29, 1.82) is 5.26 Å². The summed E-state index contributed by atoms with van der Waals surface area (Å²) < 4.78 is 5.16. The highest BCUT2D eigenvalue weighted by Crippen LogP contribution is 2.28. The van der Waals surface area contributed by atoms with Crippen LogP contribution in [0.5, 0.6) is 0 Å². The van der Waals surface area contributed by atoms with Crippen molar-refractivity contribution in [2.75, 3.05) is 11.1 Å². The number of nitrogens with one attached hydrogen (secondary N) is 1. The Morgan fingerprint density at radius 3 is 2.68 bits per heavy atom. The van der Waals surface area contributed by atoms with E-state index in [0.717, 1.165) is 22.7 Å². The van der Waals surface area contributed by atoms with Gasteiger partial charge in [-0.15, -0.1) is 0 Å². The Hall–Kier alpha value is -2.48. The maximum Gasteiger partial charge on any atom is 0.139 e. The fourth-order valence-corrected chi connectivity index (χ4v) is 2.18. The number of hydrogen-bond acceptors (Lipinski definition) is 5. The lowest BCUT2D eigenvalue weighted by molar-refractivity contribution is 0.392. The summed E-state index contributed by atoms with van der Waals surface area (Å²) in [6, 6.07) is 7.29. The first-order chi connectivity index (χ1) is 9.02. The van der Waals surface area contributed by atoms with Gasteiger partial charge in [-0.2, -0.15) is 5.26 Å². The first kappa shape index (κ1) is 13.0. The molecule has 98 valence electrons. The second-order valence-electron chi connectivity index (χ2n) is 4.52. The third-order valence-electron chi connectivity index (χ3n) is 3.07. The van der Waals surface area contributed by atoms with Crippen molar-refractivity contribution in [3.8, 4) is 6.07 Å². The van der Waals surface area contributed by atoms with Crippen molar-refractivity contribution in [3.63, 3.8) is 0 Å². The van der Waals surface area contributed by atoms with Gasteiger partial charge in [0.15, 0.2) is 0 Å². The third kappa shape index (κ3) is 2.52. The molecule has 5 heteroatoms. The molecule has 5 nitrogen and oxygen atoms in total. The minimum atomic E-state index is 0.0292. The van der Waals surface area contributed by atoms with E-state index in [1.54, 1.807) is 12.1 Å². The van der Waals surface area contributed by atoms with E-state index in [2.05, 4.69) is 16.5 Å². The Balaban J connectivity index is 2.25. The molecule has 0 fully saturated rings. The van der Waals surface area contributed by atoms with Gasteiger partial charge < -0.3 is 15.6 Å². The standard InChI is InChI=1S/C14H16N4O/c1-8(14-9(2)18-19-10(14)3)17-13-5-4-11(7-15)6-12(13)16/h4-6,8,17H,16H2,1-3H3. The zero-order valence-corrected chi connectivity index (χ0v) is 11.2. The Bertz CT molecular complexity index is 620. The Kier molecular flexibility index (Phi) is 3.43. The molecule has 1 aromatic heterocycles. The smallest absolute Gasteiger partial charge is 0.139 e. The molecule has 1 aromatic carbocycles. The highest BCUT2D eigenvalue weighted by atomic mass is 16.5. The van der Waals surface area contributed by atoms with Gasteiger partial charge in [0, 0.05) is 5.56 Å². The Morgan fingerprint density at radius 1 is 1.42 bits per heavy atom. The number of nitrogens with two attached hydrogens (primary N) is 1. The molecule has 0 aliphatic carbocycles. The van der Waals surface area contributed by atoms with Crippen LogP contribution in [0.4, 0.5) is 11.4 Å². The lowest BCUT2D eigenvalue weighted by atomic mass is 10.1. The summed E-state index contributed by atoms with van der Waals surface area (Å²) in [5, 5.41) is 16.1. The average molecular weight is 256 g/mol. The first-order valence-electron chi connectivity index (χ1n) is 6.02. The molecule has 0 saturated heterocycles. The molecule has 0 bridgehead atoms. The fourth-order valence-electron chi connectivity index (χ4n) is 2.18. The highest BCUT2D eigenvalue weighted by Gasteiger charge is 2.16. The van der Waals surface area contributed by atoms with Crippen LogP contribution < -0.4 is 11.1 Å². The largest absolute Gasteiger partial charge is 0.397 e. The number of anilines is 2. The summed E-state index contributed by atoms with van der Waals surface area (Å²) in [4.78, 5) is 0. The van der Waals surface area contributed by atoms with E-state index >= 15 is 0 Å². The van der Waals surface area contributed by atoms with Gasteiger partial charge in [-0.05, 0) is 39.0 Å². The molecule has 0 spiro atoms. The summed E-state index contributed by atoms with van der Waals surface area (Å²) in [5.74, 6) is 0.796. The normalized spacial score (nSPS) is 11.9. The molecule has 1 unspecified atom stereocenters. The summed E-state index contributed by atoms with van der Waals surface area (Å²) >= 11 is 0. The Morgan fingerprint density at radius 2 is 2.16 bits per heavy atom. The topological polar surface area (TPSA) is 87.9 Å². The van der Waals surface area contributed by atoms with E-state index in [1.807, 2.05) is 26.8 Å². The number of hydrogen-bond donors (Lipinski definition) is 2. The molecule has 1 atom stereocenters. The SMILES string of the molecule is Cc1noc(C)c1C(C)Nc1ccc(C#N)cc1N. The van der Waals surface area contributed by atoms with Crippen LogP contribution in [0.2, 0.25) is 0 Å². The molecule has 2 aromatic rings. The van der Waals surface area contributed by atoms with Crippen molar-refractivity contribution in [2.45, 2.75) is 26.8 Å². The number of nitrogens with zero attached hydrogens (tertiary/aromatic N) is 2. The molecule has 0 radical (unpaired) electrons. The van der Waals surface area contributed by atoms with Crippen LogP contribution in [0.3, 0.4) is 0 Å². The molecular formula is C14H16N4O. The van der Waals surface area contributed by atoms with Gasteiger partial charge in [0.25, 0.3) is 0 Å². The van der Waals surface area contributed by atoms with E-state index < -0.39 is 0 Å². The van der Waals surface area contributed by atoms with Crippen LogP contribution in [-0.4, -0.2) is 5.16 Å². The average Bonchev–Trinajstić information content (AvgIpc) is 2.71. The molecule has 19 heavy (non-hydrogen) atoms. The van der Waals surface area contributed by atoms with Crippen molar-refractivity contribution < 1.29 is 4.52 Å². The van der Waals surface area contributed by atoms with Gasteiger partial charge in [-0.1, -0.05) is 5.16 Å². The quantitative estimate of drug-likeness (QED) is 0.824. The van der Waals surface area contributed by atoms with Crippen LogP contribution in [0, 0.1) is 25.2 Å². The predicted molar refractivity (Wildman–Crippen MR) is 73.6 cm³/mol. The minimum Gasteiger partial charge on any atom is -0.397 e. The number of benzene rings is 1. The summed E-state index contributed by atoms with van der Waals surface area (Å²) in [6.07, 6.45) is 0. The molecule has 0 saturated carbocycles. The molecule has 0 aliphatic heterocycles. The number of aromatic nitrogens is 1. The van der Waals surface area contributed by atoms with Gasteiger partial charge in [0.05, 0.1) is 34.7 Å². The zero-order valence-electron chi connectivity index (χ0n) is 11.2. The lowest BCUT2D eigenvalue weighted by Gasteiger charge is -2.16. The lowest BCUT2D eigenvalue weighted by Crippen LogP contribution is -2.10. The third-order valence-corrected chi connectivity index (χ3v) is 3.07. The van der Waals surface area contributed by atoms with Gasteiger partial charge in [0.1, 0.15) is 5.76 Å². The van der Waals surface area contributed by atoms with Gasteiger partial charge in [0.2, 0.25) is 0 Å². The first-order valence-corrected chi connectivity index (χ1v) is 6.02. The maximum absolute atomic E-state index is 8.81. The van der Waals surface area contributed by atoms with Crippen molar-refractivity contribution in [2.24, 2.45) is 0 Å². The number of rotatable bonds is 3. The summed E-state index contributed by atoms with van der Waals surface area (Å²) in [6.45, 7) is 5.81. The fraction of sp³-hybridized carbons (Fsp3) is 0.286. The predicted octanol–water partition coefficient (Wildman–Crippen LogP) is 2.92. The highest BCUT2D eigenvalue weighted by molar-refractivity contribution is 5.68. The van der Waals surface area contributed by atoms with E-state index in [9.17, 15) is 0 Å². The van der Waals surface area contributed by atoms with Crippen molar-refractivity contribution in [1.82, 2.24) is 5.16 Å². The maximum atomic E-state index is 8.81. The van der Waals surface area contributed by atoms with Gasteiger partial charge in [-0.25, -0.2) is 0 Å². The minimum absolute atomic E-state index is 0.0292. The number of nitrogen functional groups attached to an aromatic ring is 1. The van der Waals surface area contributed by atoms with E-state index in [0.29, 0.717) is 11.3 Å². The van der Waals surface area contributed by atoms with Crippen molar-refractivity contribution in [3.05, 3.63) is 40.8 Å². The summed E-state index contributed by atoms with van der Waals surface area (Å²) in [7, 11) is 0. The molecular weight excluding hydrogens is 240 g/mol. The molecule has 0 aliphatic rings. The number of nitriles is 1. The van der Waals surface area contributed by atoms with Gasteiger partial charge >= 0.3 is 0 Å². The van der Waals surface area contributed by atoms with Crippen LogP contribution in [0.15, 0.2) is 22.7 Å². The van der Waals surface area contributed by atoms with Crippen LogP contribution in [-0.2, 0) is 0 Å². The van der Waals surface area contributed by atoms with Crippen molar-refractivity contribution >= 4 is 11.4 Å². The van der Waals surface area contributed by atoms with Crippen LogP contribution in [0.1, 0.15) is 35.5 Å². The van der Waals surface area contributed by atoms with E-state index in [-0.39, 0.29) is 6.04 Å². The van der Waals surface area contributed by atoms with Crippen LogP contribution in [0.25, 0.3) is 0 Å². The van der Waals surface area contributed by atoms with Gasteiger partial charge in [-0.3, -0.25) is 0 Å². The molecule has 2 rings (SSSR count). The Labute approximate surface area is 112 Å². The zero-order chi connectivity index (χ0) is 14.0. The van der Waals surface area contributed by atoms with E-state index in [1.165, 1.54) is 0 Å². The number of aryl methyl sites for hydroxylation is 2. The van der Waals surface area contributed by atoms with Crippen LogP contribution >= 0.6 is 0 Å². The second-order valence-corrected chi connectivity index (χ2v) is 4.52. The van der Waals surface area contributed by atoms with E-state index in [4.69, 9.17) is 15.5 Å². The second kappa shape index (κ2) is 5.02. The molecule has 3 N–H and O–H groups in total. The molecule has 0 amide bonds. The molecule has 1 heterocycles.